The molecule has 0 spiro atoms. The van der Waals surface area contributed by atoms with Crippen LogP contribution < -0.4 is 5.32 Å². The molecule has 1 amide bonds. The number of amides is 1. The fraction of sp³-hybridized carbons (Fsp3) is 0.769. The van der Waals surface area contributed by atoms with Crippen molar-refractivity contribution in [1.82, 2.24) is 10.2 Å². The topological polar surface area (TPSA) is 116 Å². The van der Waals surface area contributed by atoms with Crippen LogP contribution >= 0.6 is 0 Å². The molecule has 0 bridgehead atoms. The summed E-state index contributed by atoms with van der Waals surface area (Å²) in [5.74, 6) is -1.40. The van der Waals surface area contributed by atoms with Crippen molar-refractivity contribution in [2.45, 2.75) is 26.3 Å². The van der Waals surface area contributed by atoms with Gasteiger partial charge in [0.1, 0.15) is 11.5 Å². The molecule has 0 aliphatic carbocycles. The van der Waals surface area contributed by atoms with Crippen molar-refractivity contribution in [2.24, 2.45) is 11.3 Å². The van der Waals surface area contributed by atoms with E-state index in [1.165, 1.54) is 7.11 Å². The molecule has 1 atom stereocenters. The van der Waals surface area contributed by atoms with Crippen LogP contribution in [0, 0.1) is 11.3 Å². The zero-order valence-electron chi connectivity index (χ0n) is 12.5. The summed E-state index contributed by atoms with van der Waals surface area (Å²) in [7, 11) is 1.30. The third-order valence-corrected chi connectivity index (χ3v) is 3.80. The van der Waals surface area contributed by atoms with Gasteiger partial charge >= 0.3 is 18.0 Å². The van der Waals surface area contributed by atoms with Crippen LogP contribution in [0.25, 0.3) is 0 Å². The van der Waals surface area contributed by atoms with E-state index in [2.05, 4.69) is 10.1 Å². The number of nitrogens with one attached hydrogen (secondary N) is 1. The summed E-state index contributed by atoms with van der Waals surface area (Å²) < 4.78 is 4.69. The Balaban J connectivity index is 2.54. The number of carboxylic acids is 1. The Morgan fingerprint density at radius 2 is 1.86 bits per heavy atom. The van der Waals surface area contributed by atoms with Crippen molar-refractivity contribution < 1.29 is 29.3 Å². The number of likely N-dealkylation sites (tertiary alicyclic amines) is 1. The third-order valence-electron chi connectivity index (χ3n) is 3.80. The summed E-state index contributed by atoms with van der Waals surface area (Å²) in [6.45, 7) is 3.97. The highest BCUT2D eigenvalue weighted by molar-refractivity contribution is 5.80. The van der Waals surface area contributed by atoms with Gasteiger partial charge < -0.3 is 25.2 Å². The molecule has 1 heterocycles. The monoisotopic (exact) mass is 302 g/mol. The second-order valence-electron chi connectivity index (χ2n) is 5.67. The summed E-state index contributed by atoms with van der Waals surface area (Å²) in [4.78, 5) is 34.7. The van der Waals surface area contributed by atoms with Gasteiger partial charge in [-0.1, -0.05) is 13.8 Å². The summed E-state index contributed by atoms with van der Waals surface area (Å²) in [6.07, 6.45) is -0.860. The van der Waals surface area contributed by atoms with E-state index in [4.69, 9.17) is 5.11 Å². The first-order valence-electron chi connectivity index (χ1n) is 6.76. The van der Waals surface area contributed by atoms with Crippen LogP contribution in [0.15, 0.2) is 0 Å². The second kappa shape index (κ2) is 6.75. The van der Waals surface area contributed by atoms with Crippen LogP contribution in [0.3, 0.4) is 0 Å². The van der Waals surface area contributed by atoms with Gasteiger partial charge in [0.2, 0.25) is 0 Å². The van der Waals surface area contributed by atoms with Crippen molar-refractivity contribution in [1.29, 1.82) is 0 Å². The Bertz CT molecular complexity index is 417. The molecule has 1 aliphatic heterocycles. The number of carbonyl (C=O) groups is 3. The van der Waals surface area contributed by atoms with Gasteiger partial charge in [-0.25, -0.2) is 4.79 Å². The van der Waals surface area contributed by atoms with Crippen LogP contribution in [0.1, 0.15) is 20.3 Å². The first-order chi connectivity index (χ1) is 9.73. The van der Waals surface area contributed by atoms with E-state index >= 15 is 0 Å². The van der Waals surface area contributed by atoms with Crippen molar-refractivity contribution in [3.05, 3.63) is 0 Å². The summed E-state index contributed by atoms with van der Waals surface area (Å²) >= 11 is 0. The predicted molar refractivity (Wildman–Crippen MR) is 72.9 cm³/mol. The standard InChI is InChI=1S/C13H22N2O6/c1-8(2)9(10(16)21-3)14-5-4-13(11(17)18)6-15(7-13)12(19)20/h8-9,14H,4-7H2,1-3H3,(H,17,18)(H,19,20). The maximum atomic E-state index is 11.6. The number of ether oxygens (including phenoxy) is 1. The van der Waals surface area contributed by atoms with Crippen LogP contribution in [-0.4, -0.2) is 65.9 Å². The van der Waals surface area contributed by atoms with E-state index in [1.54, 1.807) is 0 Å². The minimum Gasteiger partial charge on any atom is -0.481 e. The summed E-state index contributed by atoms with van der Waals surface area (Å²) in [5.41, 5.74) is -1.07. The minimum absolute atomic E-state index is 0.00939. The van der Waals surface area contributed by atoms with Gasteiger partial charge in [-0.15, -0.1) is 0 Å². The highest BCUT2D eigenvalue weighted by Gasteiger charge is 2.51. The van der Waals surface area contributed by atoms with Crippen LogP contribution in [0.2, 0.25) is 0 Å². The molecule has 21 heavy (non-hydrogen) atoms. The first kappa shape index (κ1) is 17.2. The van der Waals surface area contributed by atoms with Gasteiger partial charge in [-0.2, -0.15) is 0 Å². The zero-order valence-corrected chi connectivity index (χ0v) is 12.5. The normalized spacial score (nSPS) is 18.0. The average Bonchev–Trinajstić information content (AvgIpc) is 2.34. The van der Waals surface area contributed by atoms with E-state index in [0.717, 1.165) is 4.90 Å². The number of nitrogens with zero attached hydrogens (tertiary/aromatic N) is 1. The van der Waals surface area contributed by atoms with Gasteiger partial charge in [0.05, 0.1) is 7.11 Å². The predicted octanol–water partition coefficient (Wildman–Crippen LogP) is 0.228. The molecule has 1 unspecified atom stereocenters. The SMILES string of the molecule is COC(=O)C(NCCC1(C(=O)O)CN(C(=O)O)C1)C(C)C. The number of esters is 1. The lowest BCUT2D eigenvalue weighted by Gasteiger charge is -2.45. The van der Waals surface area contributed by atoms with E-state index in [1.807, 2.05) is 13.8 Å². The van der Waals surface area contributed by atoms with Crippen LogP contribution in [0.4, 0.5) is 4.79 Å². The largest absolute Gasteiger partial charge is 0.481 e. The molecule has 0 aromatic carbocycles. The second-order valence-corrected chi connectivity index (χ2v) is 5.67. The van der Waals surface area contributed by atoms with E-state index in [0.29, 0.717) is 6.54 Å². The molecule has 8 heteroatoms. The lowest BCUT2D eigenvalue weighted by molar-refractivity contribution is -0.159. The van der Waals surface area contributed by atoms with E-state index < -0.39 is 29.5 Å². The smallest absolute Gasteiger partial charge is 0.407 e. The molecule has 0 radical (unpaired) electrons. The molecule has 0 saturated carbocycles. The Morgan fingerprint density at radius 1 is 1.29 bits per heavy atom. The Morgan fingerprint density at radius 3 is 2.24 bits per heavy atom. The van der Waals surface area contributed by atoms with Crippen LogP contribution in [-0.2, 0) is 14.3 Å². The molecule has 1 aliphatic rings. The Hall–Kier alpha value is -1.83. The number of methoxy groups -OCH3 is 1. The quantitative estimate of drug-likeness (QED) is 0.576. The third kappa shape index (κ3) is 3.84. The van der Waals surface area contributed by atoms with Crippen molar-refractivity contribution >= 4 is 18.0 Å². The summed E-state index contributed by atoms with van der Waals surface area (Å²) in [6, 6.07) is -0.503. The van der Waals surface area contributed by atoms with Gasteiger partial charge in [-0.3, -0.25) is 9.59 Å². The average molecular weight is 302 g/mol. The molecular weight excluding hydrogens is 280 g/mol. The number of rotatable bonds is 7. The minimum atomic E-state index is -1.12. The fourth-order valence-corrected chi connectivity index (χ4v) is 2.41. The molecule has 1 rings (SSSR count). The number of carboxylic acid groups (broad SMARTS) is 2. The first-order valence-corrected chi connectivity index (χ1v) is 6.76. The highest BCUT2D eigenvalue weighted by Crippen LogP contribution is 2.34. The molecular formula is C13H22N2O6. The van der Waals surface area contributed by atoms with Gasteiger partial charge in [0.25, 0.3) is 0 Å². The summed E-state index contributed by atoms with van der Waals surface area (Å²) in [5, 5.41) is 21.1. The number of hydrogen-bond acceptors (Lipinski definition) is 5. The van der Waals surface area contributed by atoms with Gasteiger partial charge in [0.15, 0.2) is 0 Å². The molecule has 0 aromatic rings. The van der Waals surface area contributed by atoms with E-state index in [-0.39, 0.29) is 25.4 Å². The maximum absolute atomic E-state index is 11.6. The molecule has 120 valence electrons. The Kier molecular flexibility index (Phi) is 5.54. The van der Waals surface area contributed by atoms with Crippen molar-refractivity contribution in [2.75, 3.05) is 26.7 Å². The van der Waals surface area contributed by atoms with Gasteiger partial charge in [-0.05, 0) is 18.9 Å². The maximum Gasteiger partial charge on any atom is 0.407 e. The van der Waals surface area contributed by atoms with Crippen molar-refractivity contribution in [3.63, 3.8) is 0 Å². The lowest BCUT2D eigenvalue weighted by Crippen LogP contribution is -2.62. The number of aliphatic carboxylic acids is 1. The number of carbonyl (C=O) groups excluding carboxylic acids is 1. The zero-order chi connectivity index (χ0) is 16.2. The fourth-order valence-electron chi connectivity index (χ4n) is 2.41. The highest BCUT2D eigenvalue weighted by atomic mass is 16.5. The van der Waals surface area contributed by atoms with E-state index in [9.17, 15) is 19.5 Å². The molecule has 1 saturated heterocycles. The van der Waals surface area contributed by atoms with Crippen LogP contribution in [0.5, 0.6) is 0 Å². The van der Waals surface area contributed by atoms with Gasteiger partial charge in [0, 0.05) is 13.1 Å². The molecule has 3 N–H and O–H groups in total. The molecule has 0 aromatic heterocycles. The molecule has 1 fully saturated rings. The number of hydrogen-bond donors (Lipinski definition) is 3. The lowest BCUT2D eigenvalue weighted by atomic mass is 9.77. The van der Waals surface area contributed by atoms with Crippen molar-refractivity contribution in [3.8, 4) is 0 Å². The molecule has 8 nitrogen and oxygen atoms in total. The Labute approximate surface area is 123 Å².